The molecule has 1 atom stereocenters. The van der Waals surface area contributed by atoms with E-state index in [4.69, 9.17) is 0 Å². The molecule has 7 heteroatoms. The Hall–Kier alpha value is -2.67. The second kappa shape index (κ2) is 8.78. The van der Waals surface area contributed by atoms with Gasteiger partial charge in [0.15, 0.2) is 11.5 Å². The third-order valence-corrected chi connectivity index (χ3v) is 5.87. The Balaban J connectivity index is 1.62. The number of carbonyl (C=O) groups is 1. The summed E-state index contributed by atoms with van der Waals surface area (Å²) in [5.41, 5.74) is 1.85. The molecule has 0 unspecified atom stereocenters. The molecule has 3 aromatic rings. The van der Waals surface area contributed by atoms with Gasteiger partial charge >= 0.3 is 0 Å². The standard InChI is InChI=1S/C22H29N5O2/c1-2-17(14-28)24-22(29)20-19-10-6-7-11-27(19)21(25-20)18-13-26(15-23-18)12-16-8-4-3-5-9-16/h6-7,10-11,13,15-17,28H,2-5,8-9,12,14H2,1H3,(H,24,29)/t17-/m1/s1. The highest BCUT2D eigenvalue weighted by atomic mass is 16.3. The van der Waals surface area contributed by atoms with Crippen molar-refractivity contribution >= 4 is 11.4 Å². The fraction of sp³-hybridized carbons (Fsp3) is 0.500. The summed E-state index contributed by atoms with van der Waals surface area (Å²) in [7, 11) is 0. The zero-order chi connectivity index (χ0) is 20.2. The van der Waals surface area contributed by atoms with Crippen molar-refractivity contribution < 1.29 is 9.90 Å². The largest absolute Gasteiger partial charge is 0.394 e. The van der Waals surface area contributed by atoms with Gasteiger partial charge in [-0.25, -0.2) is 9.97 Å². The van der Waals surface area contributed by atoms with Gasteiger partial charge in [0, 0.05) is 18.9 Å². The predicted molar refractivity (Wildman–Crippen MR) is 112 cm³/mol. The Labute approximate surface area is 170 Å². The van der Waals surface area contributed by atoms with Gasteiger partial charge in [0.1, 0.15) is 5.69 Å². The Kier molecular flexibility index (Phi) is 5.94. The number of aromatic nitrogens is 4. The number of amides is 1. The van der Waals surface area contributed by atoms with E-state index in [9.17, 15) is 9.90 Å². The summed E-state index contributed by atoms with van der Waals surface area (Å²) in [5, 5.41) is 12.3. The minimum absolute atomic E-state index is 0.0908. The summed E-state index contributed by atoms with van der Waals surface area (Å²) in [6.07, 6.45) is 13.0. The third-order valence-electron chi connectivity index (χ3n) is 5.87. The van der Waals surface area contributed by atoms with Crippen molar-refractivity contribution in [3.8, 4) is 11.5 Å². The zero-order valence-electron chi connectivity index (χ0n) is 16.9. The van der Waals surface area contributed by atoms with Crippen LogP contribution in [0.4, 0.5) is 0 Å². The normalized spacial score (nSPS) is 16.2. The molecule has 1 aliphatic carbocycles. The molecule has 4 rings (SSSR count). The van der Waals surface area contributed by atoms with E-state index in [0.717, 1.165) is 17.8 Å². The van der Waals surface area contributed by atoms with Crippen LogP contribution in [-0.4, -0.2) is 42.6 Å². The number of pyridine rings is 1. The molecule has 1 aliphatic rings. The van der Waals surface area contributed by atoms with Crippen LogP contribution < -0.4 is 5.32 Å². The number of rotatable bonds is 7. The summed E-state index contributed by atoms with van der Waals surface area (Å²) in [6.45, 7) is 2.82. The molecule has 1 amide bonds. The highest BCUT2D eigenvalue weighted by molar-refractivity contribution is 6.00. The fourth-order valence-electron chi connectivity index (χ4n) is 4.16. The first-order valence-corrected chi connectivity index (χ1v) is 10.6. The first-order chi connectivity index (χ1) is 14.2. The van der Waals surface area contributed by atoms with Crippen LogP contribution in [0.1, 0.15) is 55.9 Å². The van der Waals surface area contributed by atoms with Crippen molar-refractivity contribution in [1.29, 1.82) is 0 Å². The van der Waals surface area contributed by atoms with Gasteiger partial charge in [0.05, 0.1) is 24.5 Å². The maximum absolute atomic E-state index is 12.8. The number of aliphatic hydroxyl groups excluding tert-OH is 1. The van der Waals surface area contributed by atoms with Crippen molar-refractivity contribution in [2.75, 3.05) is 6.61 Å². The van der Waals surface area contributed by atoms with Gasteiger partial charge in [-0.1, -0.05) is 32.3 Å². The number of aliphatic hydroxyl groups is 1. The molecule has 1 saturated carbocycles. The van der Waals surface area contributed by atoms with E-state index in [1.807, 2.05) is 48.2 Å². The van der Waals surface area contributed by atoms with E-state index < -0.39 is 0 Å². The molecule has 3 aromatic heterocycles. The van der Waals surface area contributed by atoms with Gasteiger partial charge in [0.25, 0.3) is 5.91 Å². The molecule has 0 aromatic carbocycles. The first kappa shape index (κ1) is 19.6. The van der Waals surface area contributed by atoms with Gasteiger partial charge in [-0.2, -0.15) is 0 Å². The monoisotopic (exact) mass is 395 g/mol. The maximum Gasteiger partial charge on any atom is 0.272 e. The third kappa shape index (κ3) is 4.19. The molecule has 0 radical (unpaired) electrons. The molecule has 2 N–H and O–H groups in total. The predicted octanol–water partition coefficient (Wildman–Crippen LogP) is 3.28. The fourth-order valence-corrected chi connectivity index (χ4v) is 4.16. The van der Waals surface area contributed by atoms with Gasteiger partial charge in [-0.3, -0.25) is 9.20 Å². The second-order valence-electron chi connectivity index (χ2n) is 7.96. The molecule has 0 aliphatic heterocycles. The molecule has 7 nitrogen and oxygen atoms in total. The topological polar surface area (TPSA) is 84.5 Å². The molecule has 0 bridgehead atoms. The molecule has 154 valence electrons. The van der Waals surface area contributed by atoms with E-state index in [2.05, 4.69) is 19.9 Å². The molecule has 29 heavy (non-hydrogen) atoms. The van der Waals surface area contributed by atoms with Crippen LogP contribution in [0, 0.1) is 5.92 Å². The van der Waals surface area contributed by atoms with Gasteiger partial charge in [0.2, 0.25) is 0 Å². The lowest BCUT2D eigenvalue weighted by molar-refractivity contribution is 0.0912. The summed E-state index contributed by atoms with van der Waals surface area (Å²) in [5.74, 6) is 1.10. The summed E-state index contributed by atoms with van der Waals surface area (Å²) >= 11 is 0. The molecule has 3 heterocycles. The van der Waals surface area contributed by atoms with Crippen molar-refractivity contribution in [3.05, 3.63) is 42.6 Å². The number of imidazole rings is 2. The van der Waals surface area contributed by atoms with E-state index in [1.165, 1.54) is 32.1 Å². The van der Waals surface area contributed by atoms with Crippen LogP contribution in [0.3, 0.4) is 0 Å². The first-order valence-electron chi connectivity index (χ1n) is 10.6. The van der Waals surface area contributed by atoms with Crippen molar-refractivity contribution in [1.82, 2.24) is 24.3 Å². The number of hydrogen-bond donors (Lipinski definition) is 2. The van der Waals surface area contributed by atoms with E-state index in [0.29, 0.717) is 23.9 Å². The van der Waals surface area contributed by atoms with Gasteiger partial charge < -0.3 is 15.0 Å². The zero-order valence-corrected chi connectivity index (χ0v) is 16.9. The lowest BCUT2D eigenvalue weighted by Crippen LogP contribution is -2.37. The smallest absolute Gasteiger partial charge is 0.272 e. The quantitative estimate of drug-likeness (QED) is 0.643. The Bertz CT molecular complexity index is 967. The maximum atomic E-state index is 12.8. The lowest BCUT2D eigenvalue weighted by atomic mass is 9.89. The highest BCUT2D eigenvalue weighted by Gasteiger charge is 2.21. The average molecular weight is 396 g/mol. The van der Waals surface area contributed by atoms with Gasteiger partial charge in [-0.15, -0.1) is 0 Å². The Morgan fingerprint density at radius 2 is 2.14 bits per heavy atom. The number of nitrogens with one attached hydrogen (secondary N) is 1. The average Bonchev–Trinajstić information content (AvgIpc) is 3.37. The molecule has 0 saturated heterocycles. The number of fused-ring (bicyclic) bond motifs is 1. The van der Waals surface area contributed by atoms with Crippen LogP contribution in [0.25, 0.3) is 17.0 Å². The highest BCUT2D eigenvalue weighted by Crippen LogP contribution is 2.26. The minimum atomic E-state index is -0.277. The Morgan fingerprint density at radius 3 is 2.90 bits per heavy atom. The summed E-state index contributed by atoms with van der Waals surface area (Å²) < 4.78 is 4.05. The van der Waals surface area contributed by atoms with Crippen LogP contribution >= 0.6 is 0 Å². The molecular formula is C22H29N5O2. The molecule has 1 fully saturated rings. The molecular weight excluding hydrogens is 366 g/mol. The van der Waals surface area contributed by atoms with Crippen molar-refractivity contribution in [2.45, 2.75) is 58.0 Å². The van der Waals surface area contributed by atoms with E-state index >= 15 is 0 Å². The van der Waals surface area contributed by atoms with E-state index in [1.54, 1.807) is 0 Å². The van der Waals surface area contributed by atoms with Gasteiger partial charge in [-0.05, 0) is 37.3 Å². The lowest BCUT2D eigenvalue weighted by Gasteiger charge is -2.21. The Morgan fingerprint density at radius 1 is 1.31 bits per heavy atom. The number of hydrogen-bond acceptors (Lipinski definition) is 4. The van der Waals surface area contributed by atoms with Crippen LogP contribution in [0.15, 0.2) is 36.9 Å². The van der Waals surface area contributed by atoms with Crippen molar-refractivity contribution in [2.24, 2.45) is 5.92 Å². The molecule has 0 spiro atoms. The summed E-state index contributed by atoms with van der Waals surface area (Å²) in [6, 6.07) is 5.41. The van der Waals surface area contributed by atoms with Crippen LogP contribution in [0.2, 0.25) is 0 Å². The number of carbonyl (C=O) groups excluding carboxylic acids is 1. The van der Waals surface area contributed by atoms with E-state index in [-0.39, 0.29) is 18.6 Å². The number of nitrogens with zero attached hydrogens (tertiary/aromatic N) is 4. The van der Waals surface area contributed by atoms with Crippen LogP contribution in [-0.2, 0) is 6.54 Å². The minimum Gasteiger partial charge on any atom is -0.394 e. The SMILES string of the molecule is CC[C@H](CO)NC(=O)c1nc(-c2cn(CC3CCCCC3)cn2)n2ccccc12. The second-order valence-corrected chi connectivity index (χ2v) is 7.96. The van der Waals surface area contributed by atoms with Crippen molar-refractivity contribution in [3.63, 3.8) is 0 Å². The van der Waals surface area contributed by atoms with Crippen LogP contribution in [0.5, 0.6) is 0 Å². The summed E-state index contributed by atoms with van der Waals surface area (Å²) in [4.78, 5) is 22.0.